The summed E-state index contributed by atoms with van der Waals surface area (Å²) in [6.45, 7) is 4.43. The molecule has 0 bridgehead atoms. The largest absolute Gasteiger partial charge is 0.317 e. The van der Waals surface area contributed by atoms with E-state index in [1.165, 1.54) is 48.5 Å². The Balaban J connectivity index is 1.70. The van der Waals surface area contributed by atoms with Crippen LogP contribution >= 0.6 is 11.3 Å². The summed E-state index contributed by atoms with van der Waals surface area (Å²) in [6, 6.07) is 0. The zero-order valence-electron chi connectivity index (χ0n) is 10.7. The van der Waals surface area contributed by atoms with E-state index in [9.17, 15) is 0 Å². The van der Waals surface area contributed by atoms with Crippen molar-refractivity contribution in [3.63, 3.8) is 0 Å². The lowest BCUT2D eigenvalue weighted by Gasteiger charge is -2.01. The molecule has 1 N–H and O–H groups in total. The van der Waals surface area contributed by atoms with Gasteiger partial charge in [0.15, 0.2) is 0 Å². The molecule has 1 aliphatic carbocycles. The van der Waals surface area contributed by atoms with Gasteiger partial charge in [-0.25, -0.2) is 0 Å². The Bertz CT molecular complexity index is 318. The van der Waals surface area contributed by atoms with Crippen LogP contribution < -0.4 is 5.32 Å². The molecule has 3 nitrogen and oxygen atoms in total. The molecule has 17 heavy (non-hydrogen) atoms. The monoisotopic (exact) mass is 253 g/mol. The van der Waals surface area contributed by atoms with Crippen LogP contribution in [0, 0.1) is 0 Å². The van der Waals surface area contributed by atoms with Gasteiger partial charge in [-0.2, -0.15) is 0 Å². The van der Waals surface area contributed by atoms with Crippen molar-refractivity contribution in [2.75, 3.05) is 13.1 Å². The lowest BCUT2D eigenvalue weighted by Crippen LogP contribution is -2.16. The van der Waals surface area contributed by atoms with E-state index in [1.807, 2.05) is 11.3 Å². The first kappa shape index (κ1) is 13.0. The smallest absolute Gasteiger partial charge is 0.120 e. The molecule has 1 saturated carbocycles. The third-order valence-corrected chi connectivity index (χ3v) is 4.50. The van der Waals surface area contributed by atoms with Crippen molar-refractivity contribution in [3.05, 3.63) is 10.0 Å². The molecule has 1 fully saturated rings. The standard InChI is InChI=1S/C13H23N3S/c1-2-9-14-10-5-8-12-15-16-13(17-12)11-6-3-4-7-11/h11,14H,2-10H2,1H3. The predicted molar refractivity (Wildman–Crippen MR) is 72.6 cm³/mol. The molecule has 1 aromatic heterocycles. The Morgan fingerprint density at radius 2 is 2.06 bits per heavy atom. The molecule has 0 atom stereocenters. The summed E-state index contributed by atoms with van der Waals surface area (Å²) in [6.07, 6.45) is 8.88. The highest BCUT2D eigenvalue weighted by Gasteiger charge is 2.20. The summed E-state index contributed by atoms with van der Waals surface area (Å²) in [5.74, 6) is 0.722. The Kier molecular flexibility index (Phi) is 5.39. The molecule has 0 saturated heterocycles. The van der Waals surface area contributed by atoms with Crippen LogP contribution in [0.25, 0.3) is 0 Å². The highest BCUT2D eigenvalue weighted by atomic mass is 32.1. The zero-order valence-corrected chi connectivity index (χ0v) is 11.6. The Morgan fingerprint density at radius 3 is 2.82 bits per heavy atom. The average molecular weight is 253 g/mol. The number of nitrogens with zero attached hydrogens (tertiary/aromatic N) is 2. The van der Waals surface area contributed by atoms with Crippen molar-refractivity contribution in [2.45, 2.75) is 57.8 Å². The second-order valence-electron chi connectivity index (χ2n) is 4.87. The molecule has 1 heterocycles. The number of hydrogen-bond acceptors (Lipinski definition) is 4. The Morgan fingerprint density at radius 1 is 1.24 bits per heavy atom. The molecule has 0 unspecified atom stereocenters. The van der Waals surface area contributed by atoms with Crippen molar-refractivity contribution < 1.29 is 0 Å². The molecule has 0 aromatic carbocycles. The molecular weight excluding hydrogens is 230 g/mol. The van der Waals surface area contributed by atoms with E-state index in [4.69, 9.17) is 0 Å². The number of rotatable bonds is 7. The SMILES string of the molecule is CCCNCCCc1nnc(C2CCCC2)s1. The highest BCUT2D eigenvalue weighted by molar-refractivity contribution is 7.11. The van der Waals surface area contributed by atoms with Crippen LogP contribution in [0.15, 0.2) is 0 Å². The van der Waals surface area contributed by atoms with Crippen LogP contribution in [-0.2, 0) is 6.42 Å². The van der Waals surface area contributed by atoms with Gasteiger partial charge in [0, 0.05) is 12.3 Å². The van der Waals surface area contributed by atoms with Crippen molar-refractivity contribution in [3.8, 4) is 0 Å². The van der Waals surface area contributed by atoms with E-state index < -0.39 is 0 Å². The van der Waals surface area contributed by atoms with Gasteiger partial charge >= 0.3 is 0 Å². The second kappa shape index (κ2) is 7.07. The maximum atomic E-state index is 4.36. The third kappa shape index (κ3) is 4.03. The molecule has 0 radical (unpaired) electrons. The lowest BCUT2D eigenvalue weighted by molar-refractivity contribution is 0.637. The van der Waals surface area contributed by atoms with Crippen LogP contribution in [0.4, 0.5) is 0 Å². The second-order valence-corrected chi connectivity index (χ2v) is 5.96. The van der Waals surface area contributed by atoms with Crippen LogP contribution in [0.2, 0.25) is 0 Å². The fourth-order valence-electron chi connectivity index (χ4n) is 2.37. The minimum atomic E-state index is 0.722. The van der Waals surface area contributed by atoms with Crippen LogP contribution in [0.5, 0.6) is 0 Å². The van der Waals surface area contributed by atoms with Gasteiger partial charge in [0.25, 0.3) is 0 Å². The first-order valence-corrected chi connectivity index (χ1v) is 7.74. The minimum Gasteiger partial charge on any atom is -0.317 e. The van der Waals surface area contributed by atoms with Crippen molar-refractivity contribution >= 4 is 11.3 Å². The topological polar surface area (TPSA) is 37.8 Å². The van der Waals surface area contributed by atoms with Crippen molar-refractivity contribution in [2.24, 2.45) is 0 Å². The van der Waals surface area contributed by atoms with E-state index in [0.29, 0.717) is 0 Å². The van der Waals surface area contributed by atoms with Gasteiger partial charge in [-0.05, 0) is 38.8 Å². The number of aryl methyl sites for hydroxylation is 1. The van der Waals surface area contributed by atoms with Crippen molar-refractivity contribution in [1.29, 1.82) is 0 Å². The molecule has 0 spiro atoms. The molecule has 0 aliphatic heterocycles. The van der Waals surface area contributed by atoms with Gasteiger partial charge in [0.05, 0.1) is 0 Å². The molecule has 4 heteroatoms. The summed E-state index contributed by atoms with van der Waals surface area (Å²) < 4.78 is 0. The molecule has 96 valence electrons. The normalized spacial score (nSPS) is 16.8. The average Bonchev–Trinajstić information content (AvgIpc) is 2.99. The van der Waals surface area contributed by atoms with Gasteiger partial charge in [0.2, 0.25) is 0 Å². The zero-order chi connectivity index (χ0) is 11.9. The molecule has 1 aliphatic rings. The Hall–Kier alpha value is -0.480. The maximum Gasteiger partial charge on any atom is 0.120 e. The number of nitrogens with one attached hydrogen (secondary N) is 1. The summed E-state index contributed by atoms with van der Waals surface area (Å²) in [7, 11) is 0. The third-order valence-electron chi connectivity index (χ3n) is 3.36. The van der Waals surface area contributed by atoms with Gasteiger partial charge in [-0.15, -0.1) is 21.5 Å². The van der Waals surface area contributed by atoms with Gasteiger partial charge in [-0.3, -0.25) is 0 Å². The van der Waals surface area contributed by atoms with Crippen LogP contribution in [0.3, 0.4) is 0 Å². The quantitative estimate of drug-likeness (QED) is 0.759. The summed E-state index contributed by atoms with van der Waals surface area (Å²) in [5, 5.41) is 14.6. The first-order chi connectivity index (χ1) is 8.40. The maximum absolute atomic E-state index is 4.36. The minimum absolute atomic E-state index is 0.722. The molecule has 0 amide bonds. The fraction of sp³-hybridized carbons (Fsp3) is 0.846. The van der Waals surface area contributed by atoms with E-state index in [0.717, 1.165) is 25.4 Å². The van der Waals surface area contributed by atoms with Gasteiger partial charge < -0.3 is 5.32 Å². The lowest BCUT2D eigenvalue weighted by atomic mass is 10.1. The van der Waals surface area contributed by atoms with E-state index in [-0.39, 0.29) is 0 Å². The molecular formula is C13H23N3S. The van der Waals surface area contributed by atoms with E-state index in [2.05, 4.69) is 22.4 Å². The number of hydrogen-bond donors (Lipinski definition) is 1. The van der Waals surface area contributed by atoms with Gasteiger partial charge in [-0.1, -0.05) is 19.8 Å². The summed E-state index contributed by atoms with van der Waals surface area (Å²) in [5.41, 5.74) is 0. The van der Waals surface area contributed by atoms with E-state index >= 15 is 0 Å². The first-order valence-electron chi connectivity index (χ1n) is 6.93. The molecule has 1 aromatic rings. The van der Waals surface area contributed by atoms with E-state index in [1.54, 1.807) is 0 Å². The number of aromatic nitrogens is 2. The van der Waals surface area contributed by atoms with Crippen LogP contribution in [-0.4, -0.2) is 23.3 Å². The van der Waals surface area contributed by atoms with Crippen molar-refractivity contribution in [1.82, 2.24) is 15.5 Å². The fourth-order valence-corrected chi connectivity index (χ4v) is 3.43. The molecule has 2 rings (SSSR count). The van der Waals surface area contributed by atoms with Crippen LogP contribution in [0.1, 0.15) is 61.4 Å². The summed E-state index contributed by atoms with van der Waals surface area (Å²) >= 11 is 1.84. The Labute approximate surface area is 108 Å². The highest BCUT2D eigenvalue weighted by Crippen LogP contribution is 2.35. The predicted octanol–water partition coefficient (Wildman–Crippen LogP) is 3.13. The van der Waals surface area contributed by atoms with Gasteiger partial charge in [0.1, 0.15) is 10.0 Å². The summed E-state index contributed by atoms with van der Waals surface area (Å²) in [4.78, 5) is 0.